The van der Waals surface area contributed by atoms with E-state index in [9.17, 15) is 4.79 Å². The Morgan fingerprint density at radius 1 is 1.33 bits per heavy atom. The summed E-state index contributed by atoms with van der Waals surface area (Å²) in [5, 5.41) is 2.80. The van der Waals surface area contributed by atoms with Gasteiger partial charge in [-0.1, -0.05) is 41.9 Å². The largest absolute Gasteiger partial charge is 0.309 e. The average Bonchev–Trinajstić information content (AvgIpc) is 2.61. The maximum atomic E-state index is 11.7. The van der Waals surface area contributed by atoms with Crippen LogP contribution in [0, 0.1) is 5.92 Å². The maximum absolute atomic E-state index is 11.7. The molecule has 94 valence electrons. The van der Waals surface area contributed by atoms with Crippen LogP contribution in [-0.2, 0) is 4.79 Å². The smallest absolute Gasteiger partial charge is 0.275 e. The lowest BCUT2D eigenvalue weighted by molar-refractivity contribution is -0.115. The minimum absolute atomic E-state index is 0.117. The topological polar surface area (TPSA) is 41.5 Å². The van der Waals surface area contributed by atoms with Gasteiger partial charge in [-0.3, -0.25) is 4.79 Å². The van der Waals surface area contributed by atoms with Crippen LogP contribution in [0.15, 0.2) is 39.4 Å². The third-order valence-corrected chi connectivity index (χ3v) is 3.05. The van der Waals surface area contributed by atoms with Crippen LogP contribution < -0.4 is 5.32 Å². The van der Waals surface area contributed by atoms with Gasteiger partial charge in [0.15, 0.2) is 0 Å². The second-order valence-corrected chi connectivity index (χ2v) is 5.61. The van der Waals surface area contributed by atoms with Crippen LogP contribution in [-0.4, -0.2) is 11.7 Å². The molecule has 1 aliphatic heterocycles. The quantitative estimate of drug-likeness (QED) is 0.855. The molecule has 0 spiro atoms. The van der Waals surface area contributed by atoms with Gasteiger partial charge in [0.1, 0.15) is 11.5 Å². The van der Waals surface area contributed by atoms with Crippen LogP contribution in [0.1, 0.15) is 25.8 Å². The molecule has 1 N–H and O–H groups in total. The minimum Gasteiger partial charge on any atom is -0.309 e. The molecule has 1 heterocycles. The highest BCUT2D eigenvalue weighted by molar-refractivity contribution is 9.10. The van der Waals surface area contributed by atoms with Gasteiger partial charge in [0, 0.05) is 10.9 Å². The van der Waals surface area contributed by atoms with E-state index in [1.165, 1.54) is 0 Å². The number of halogens is 1. The van der Waals surface area contributed by atoms with Crippen molar-refractivity contribution in [3.05, 3.63) is 40.0 Å². The molecule has 3 nitrogen and oxygen atoms in total. The van der Waals surface area contributed by atoms with Gasteiger partial charge in [-0.25, -0.2) is 4.99 Å². The van der Waals surface area contributed by atoms with Gasteiger partial charge in [0.25, 0.3) is 5.91 Å². The normalized spacial score (nSPS) is 17.2. The zero-order valence-electron chi connectivity index (χ0n) is 10.4. The van der Waals surface area contributed by atoms with Crippen LogP contribution in [0.3, 0.4) is 0 Å². The van der Waals surface area contributed by atoms with Crippen molar-refractivity contribution in [2.45, 2.75) is 20.3 Å². The Balaban J connectivity index is 2.20. The highest BCUT2D eigenvalue weighted by Gasteiger charge is 2.20. The molecule has 18 heavy (non-hydrogen) atoms. The van der Waals surface area contributed by atoms with Gasteiger partial charge < -0.3 is 5.32 Å². The lowest BCUT2D eigenvalue weighted by atomic mass is 10.1. The molecule has 0 aromatic heterocycles. The number of carbonyl (C=O) groups is 1. The van der Waals surface area contributed by atoms with Crippen LogP contribution in [0.25, 0.3) is 6.08 Å². The van der Waals surface area contributed by atoms with E-state index in [0.717, 1.165) is 22.3 Å². The van der Waals surface area contributed by atoms with E-state index in [-0.39, 0.29) is 5.91 Å². The summed E-state index contributed by atoms with van der Waals surface area (Å²) in [6.07, 6.45) is 2.60. The van der Waals surface area contributed by atoms with Crippen LogP contribution in [0.2, 0.25) is 0 Å². The van der Waals surface area contributed by atoms with Crippen molar-refractivity contribution in [1.29, 1.82) is 0 Å². The van der Waals surface area contributed by atoms with Gasteiger partial charge in [-0.15, -0.1) is 0 Å². The molecule has 1 aromatic rings. The fourth-order valence-corrected chi connectivity index (χ4v) is 1.98. The monoisotopic (exact) mass is 306 g/mol. The summed E-state index contributed by atoms with van der Waals surface area (Å²) >= 11 is 3.38. The van der Waals surface area contributed by atoms with Gasteiger partial charge >= 0.3 is 0 Å². The summed E-state index contributed by atoms with van der Waals surface area (Å²) in [5.41, 5.74) is 1.45. The Labute approximate surface area is 115 Å². The summed E-state index contributed by atoms with van der Waals surface area (Å²) in [7, 11) is 0. The van der Waals surface area contributed by atoms with Crippen LogP contribution >= 0.6 is 15.9 Å². The number of hydrogen-bond donors (Lipinski definition) is 1. The van der Waals surface area contributed by atoms with Crippen molar-refractivity contribution in [2.75, 3.05) is 0 Å². The minimum atomic E-state index is -0.117. The first kappa shape index (κ1) is 13.0. The van der Waals surface area contributed by atoms with Crippen molar-refractivity contribution in [3.63, 3.8) is 0 Å². The molecule has 0 unspecified atom stereocenters. The SMILES string of the molecule is CC(C)CC1=N/C(=C/c2ccc(Br)cc2)C(=O)N1. The fraction of sp³-hybridized carbons (Fsp3) is 0.286. The molecule has 1 aliphatic rings. The maximum Gasteiger partial charge on any atom is 0.275 e. The zero-order valence-corrected chi connectivity index (χ0v) is 12.0. The van der Waals surface area contributed by atoms with Crippen molar-refractivity contribution in [1.82, 2.24) is 5.32 Å². The molecule has 0 aliphatic carbocycles. The van der Waals surface area contributed by atoms with Gasteiger partial charge in [0.2, 0.25) is 0 Å². The molecule has 4 heteroatoms. The molecule has 1 aromatic carbocycles. The lowest BCUT2D eigenvalue weighted by Crippen LogP contribution is -2.24. The Morgan fingerprint density at radius 3 is 2.61 bits per heavy atom. The van der Waals surface area contributed by atoms with E-state index in [1.54, 1.807) is 6.08 Å². The molecule has 1 amide bonds. The Hall–Kier alpha value is -1.42. The van der Waals surface area contributed by atoms with Crippen LogP contribution in [0.5, 0.6) is 0 Å². The van der Waals surface area contributed by atoms with Crippen molar-refractivity contribution >= 4 is 33.7 Å². The Morgan fingerprint density at radius 2 is 2.00 bits per heavy atom. The summed E-state index contributed by atoms with van der Waals surface area (Å²) in [4.78, 5) is 16.1. The van der Waals surface area contributed by atoms with E-state index in [2.05, 4.69) is 40.1 Å². The number of hydrogen-bond acceptors (Lipinski definition) is 2. The van der Waals surface area contributed by atoms with E-state index in [4.69, 9.17) is 0 Å². The summed E-state index contributed by atoms with van der Waals surface area (Å²) < 4.78 is 1.02. The van der Waals surface area contributed by atoms with Gasteiger partial charge in [-0.05, 0) is 29.7 Å². The highest BCUT2D eigenvalue weighted by atomic mass is 79.9. The highest BCUT2D eigenvalue weighted by Crippen LogP contribution is 2.16. The van der Waals surface area contributed by atoms with Crippen molar-refractivity contribution in [3.8, 4) is 0 Å². The van der Waals surface area contributed by atoms with Crippen molar-refractivity contribution in [2.24, 2.45) is 10.9 Å². The lowest BCUT2D eigenvalue weighted by Gasteiger charge is -2.02. The Bertz CT molecular complexity index is 515. The number of aliphatic imine (C=N–C) groups is 1. The number of amidine groups is 1. The molecule has 0 atom stereocenters. The molecule has 0 saturated heterocycles. The van der Waals surface area contributed by atoms with E-state index in [1.807, 2.05) is 24.3 Å². The van der Waals surface area contributed by atoms with Crippen LogP contribution in [0.4, 0.5) is 0 Å². The third kappa shape index (κ3) is 3.29. The fourth-order valence-electron chi connectivity index (χ4n) is 1.72. The number of rotatable bonds is 3. The molecule has 0 fully saturated rings. The molecule has 0 radical (unpaired) electrons. The number of benzene rings is 1. The molecule has 2 rings (SSSR count). The Kier molecular flexibility index (Phi) is 3.97. The number of carbonyl (C=O) groups excluding carboxylic acids is 1. The first-order chi connectivity index (χ1) is 8.54. The molecule has 0 bridgehead atoms. The first-order valence-electron chi connectivity index (χ1n) is 5.91. The summed E-state index contributed by atoms with van der Waals surface area (Å²) in [6.45, 7) is 4.20. The average molecular weight is 307 g/mol. The summed E-state index contributed by atoms with van der Waals surface area (Å²) in [5.74, 6) is 1.13. The third-order valence-electron chi connectivity index (χ3n) is 2.52. The van der Waals surface area contributed by atoms with E-state index >= 15 is 0 Å². The standard InChI is InChI=1S/C14H15BrN2O/c1-9(2)7-13-16-12(14(18)17-13)8-10-3-5-11(15)6-4-10/h3-6,8-9H,7H2,1-2H3,(H,16,17,18)/b12-8+. The number of nitrogens with one attached hydrogen (secondary N) is 1. The van der Waals surface area contributed by atoms with Crippen molar-refractivity contribution < 1.29 is 4.79 Å². The van der Waals surface area contributed by atoms with E-state index in [0.29, 0.717) is 11.6 Å². The predicted octanol–water partition coefficient (Wildman–Crippen LogP) is 3.36. The number of nitrogens with zero attached hydrogens (tertiary/aromatic N) is 1. The second kappa shape index (κ2) is 5.48. The first-order valence-corrected chi connectivity index (χ1v) is 6.70. The zero-order chi connectivity index (χ0) is 13.1. The molecular weight excluding hydrogens is 292 g/mol. The number of amides is 1. The van der Waals surface area contributed by atoms with Gasteiger partial charge in [0.05, 0.1) is 0 Å². The van der Waals surface area contributed by atoms with Gasteiger partial charge in [-0.2, -0.15) is 0 Å². The van der Waals surface area contributed by atoms with E-state index < -0.39 is 0 Å². The molecule has 0 saturated carbocycles. The predicted molar refractivity (Wildman–Crippen MR) is 77.2 cm³/mol. The second-order valence-electron chi connectivity index (χ2n) is 4.69. The molecular formula is C14H15BrN2O. The summed E-state index contributed by atoms with van der Waals surface area (Å²) in [6, 6.07) is 7.77.